The summed E-state index contributed by atoms with van der Waals surface area (Å²) in [6, 6.07) is 6.72. The van der Waals surface area contributed by atoms with E-state index in [1.807, 2.05) is 25.1 Å². The average Bonchev–Trinajstić information content (AvgIpc) is 3.29. The standard InChI is InChI=1S/C17H24N2O2/c1-4-10-18-17(20)13(3)21-16-12(2)6-5-7-14(16)11-19-15-8-9-15/h4-7,13,15,19H,1,8-11H2,2-3H3,(H,18,20). The zero-order valence-electron chi connectivity index (χ0n) is 12.8. The van der Waals surface area contributed by atoms with Crippen molar-refractivity contribution in [1.29, 1.82) is 0 Å². The third-order valence-corrected chi connectivity index (χ3v) is 3.54. The molecular formula is C17H24N2O2. The highest BCUT2D eigenvalue weighted by molar-refractivity contribution is 5.80. The molecule has 4 heteroatoms. The number of hydrogen-bond donors (Lipinski definition) is 2. The summed E-state index contributed by atoms with van der Waals surface area (Å²) in [5.74, 6) is 0.686. The summed E-state index contributed by atoms with van der Waals surface area (Å²) in [4.78, 5) is 11.9. The third kappa shape index (κ3) is 4.60. The van der Waals surface area contributed by atoms with E-state index in [1.54, 1.807) is 13.0 Å². The Morgan fingerprint density at radius 2 is 2.29 bits per heavy atom. The van der Waals surface area contributed by atoms with Crippen LogP contribution in [-0.2, 0) is 11.3 Å². The van der Waals surface area contributed by atoms with Crippen LogP contribution in [-0.4, -0.2) is 24.6 Å². The first-order valence-electron chi connectivity index (χ1n) is 7.49. The van der Waals surface area contributed by atoms with Crippen LogP contribution in [0.25, 0.3) is 0 Å². The van der Waals surface area contributed by atoms with Crippen molar-refractivity contribution in [2.75, 3.05) is 6.54 Å². The summed E-state index contributed by atoms with van der Waals surface area (Å²) >= 11 is 0. The SMILES string of the molecule is C=CCNC(=O)C(C)Oc1c(C)cccc1CNC1CC1. The fourth-order valence-corrected chi connectivity index (χ4v) is 2.11. The van der Waals surface area contributed by atoms with Crippen molar-refractivity contribution in [1.82, 2.24) is 10.6 Å². The van der Waals surface area contributed by atoms with Crippen molar-refractivity contribution < 1.29 is 9.53 Å². The van der Waals surface area contributed by atoms with Crippen molar-refractivity contribution in [3.63, 3.8) is 0 Å². The van der Waals surface area contributed by atoms with Gasteiger partial charge in [0.05, 0.1) is 0 Å². The highest BCUT2D eigenvalue weighted by atomic mass is 16.5. The number of benzene rings is 1. The molecule has 1 aromatic carbocycles. The molecule has 1 aromatic rings. The van der Waals surface area contributed by atoms with Crippen LogP contribution in [0.1, 0.15) is 30.9 Å². The second kappa shape index (κ2) is 7.27. The molecule has 2 rings (SSSR count). The topological polar surface area (TPSA) is 50.4 Å². The van der Waals surface area contributed by atoms with Crippen LogP contribution in [0, 0.1) is 6.92 Å². The number of nitrogens with one attached hydrogen (secondary N) is 2. The maximum Gasteiger partial charge on any atom is 0.261 e. The van der Waals surface area contributed by atoms with E-state index in [4.69, 9.17) is 4.74 Å². The van der Waals surface area contributed by atoms with Gasteiger partial charge in [0.1, 0.15) is 5.75 Å². The summed E-state index contributed by atoms with van der Waals surface area (Å²) in [7, 11) is 0. The summed E-state index contributed by atoms with van der Waals surface area (Å²) in [6.45, 7) is 8.59. The highest BCUT2D eigenvalue weighted by Gasteiger charge is 2.22. The Hall–Kier alpha value is -1.81. The van der Waals surface area contributed by atoms with Crippen molar-refractivity contribution in [2.45, 2.75) is 45.4 Å². The quantitative estimate of drug-likeness (QED) is 0.722. The smallest absolute Gasteiger partial charge is 0.261 e. The van der Waals surface area contributed by atoms with Crippen LogP contribution in [0.15, 0.2) is 30.9 Å². The minimum Gasteiger partial charge on any atom is -0.480 e. The lowest BCUT2D eigenvalue weighted by Crippen LogP contribution is -2.36. The Bertz CT molecular complexity index is 510. The van der Waals surface area contributed by atoms with Gasteiger partial charge in [-0.2, -0.15) is 0 Å². The molecule has 2 N–H and O–H groups in total. The van der Waals surface area contributed by atoms with Crippen LogP contribution in [0.5, 0.6) is 5.75 Å². The monoisotopic (exact) mass is 288 g/mol. The van der Waals surface area contributed by atoms with Crippen molar-refractivity contribution in [2.24, 2.45) is 0 Å². The van der Waals surface area contributed by atoms with Gasteiger partial charge in [-0.3, -0.25) is 4.79 Å². The number of carbonyl (C=O) groups excluding carboxylic acids is 1. The molecule has 1 aliphatic rings. The van der Waals surface area contributed by atoms with Gasteiger partial charge < -0.3 is 15.4 Å². The second-order valence-electron chi connectivity index (χ2n) is 5.51. The molecule has 0 heterocycles. The van der Waals surface area contributed by atoms with Gasteiger partial charge in [0, 0.05) is 24.7 Å². The number of amides is 1. The van der Waals surface area contributed by atoms with Gasteiger partial charge in [0.25, 0.3) is 5.91 Å². The Morgan fingerprint density at radius 1 is 1.52 bits per heavy atom. The van der Waals surface area contributed by atoms with Crippen LogP contribution < -0.4 is 15.4 Å². The lowest BCUT2D eigenvalue weighted by molar-refractivity contribution is -0.127. The molecule has 4 nitrogen and oxygen atoms in total. The number of hydrogen-bond acceptors (Lipinski definition) is 3. The van der Waals surface area contributed by atoms with Gasteiger partial charge >= 0.3 is 0 Å². The summed E-state index contributed by atoms with van der Waals surface area (Å²) in [5.41, 5.74) is 2.15. The second-order valence-corrected chi connectivity index (χ2v) is 5.51. The zero-order valence-corrected chi connectivity index (χ0v) is 12.8. The van der Waals surface area contributed by atoms with E-state index in [2.05, 4.69) is 17.2 Å². The molecule has 1 atom stereocenters. The van der Waals surface area contributed by atoms with Gasteiger partial charge in [-0.05, 0) is 32.3 Å². The Kier molecular flexibility index (Phi) is 5.39. The first-order valence-corrected chi connectivity index (χ1v) is 7.49. The first-order chi connectivity index (χ1) is 10.1. The van der Waals surface area contributed by atoms with Crippen molar-refractivity contribution in [3.05, 3.63) is 42.0 Å². The molecule has 1 fully saturated rings. The lowest BCUT2D eigenvalue weighted by Gasteiger charge is -2.19. The molecule has 0 spiro atoms. The molecule has 114 valence electrons. The summed E-state index contributed by atoms with van der Waals surface area (Å²) < 4.78 is 5.90. The summed E-state index contributed by atoms with van der Waals surface area (Å²) in [5, 5.41) is 6.24. The Labute approximate surface area is 126 Å². The molecular weight excluding hydrogens is 264 g/mol. The molecule has 0 aromatic heterocycles. The van der Waals surface area contributed by atoms with Crippen LogP contribution in [0.3, 0.4) is 0 Å². The van der Waals surface area contributed by atoms with Crippen LogP contribution in [0.2, 0.25) is 0 Å². The van der Waals surface area contributed by atoms with E-state index < -0.39 is 6.10 Å². The Balaban J connectivity index is 2.02. The summed E-state index contributed by atoms with van der Waals surface area (Å²) in [6.07, 6.45) is 3.64. The number of carbonyl (C=O) groups is 1. The van der Waals surface area contributed by atoms with E-state index in [0.717, 1.165) is 23.4 Å². The molecule has 1 saturated carbocycles. The third-order valence-electron chi connectivity index (χ3n) is 3.54. The largest absolute Gasteiger partial charge is 0.480 e. The molecule has 0 radical (unpaired) electrons. The zero-order chi connectivity index (χ0) is 15.2. The predicted octanol–water partition coefficient (Wildman–Crippen LogP) is 2.32. The number of ether oxygens (including phenoxy) is 1. The van der Waals surface area contributed by atoms with Gasteiger partial charge in [-0.25, -0.2) is 0 Å². The minimum absolute atomic E-state index is 0.126. The van der Waals surface area contributed by atoms with Gasteiger partial charge in [0.15, 0.2) is 6.10 Å². The maximum atomic E-state index is 11.9. The van der Waals surface area contributed by atoms with Crippen LogP contribution >= 0.6 is 0 Å². The minimum atomic E-state index is -0.522. The van der Waals surface area contributed by atoms with Crippen molar-refractivity contribution >= 4 is 5.91 Å². The predicted molar refractivity (Wildman–Crippen MR) is 84.3 cm³/mol. The molecule has 21 heavy (non-hydrogen) atoms. The van der Waals surface area contributed by atoms with E-state index in [1.165, 1.54) is 12.8 Å². The fourth-order valence-electron chi connectivity index (χ4n) is 2.11. The molecule has 0 aliphatic heterocycles. The number of aryl methyl sites for hydroxylation is 1. The molecule has 0 bridgehead atoms. The van der Waals surface area contributed by atoms with E-state index in [0.29, 0.717) is 12.6 Å². The maximum absolute atomic E-state index is 11.9. The van der Waals surface area contributed by atoms with E-state index in [-0.39, 0.29) is 5.91 Å². The van der Waals surface area contributed by atoms with E-state index in [9.17, 15) is 4.79 Å². The lowest BCUT2D eigenvalue weighted by atomic mass is 10.1. The normalized spacial score (nSPS) is 15.3. The van der Waals surface area contributed by atoms with Gasteiger partial charge in [-0.1, -0.05) is 24.3 Å². The van der Waals surface area contributed by atoms with Gasteiger partial charge in [0.2, 0.25) is 0 Å². The van der Waals surface area contributed by atoms with E-state index >= 15 is 0 Å². The number of para-hydroxylation sites is 1. The first kappa shape index (κ1) is 15.6. The average molecular weight is 288 g/mol. The van der Waals surface area contributed by atoms with Gasteiger partial charge in [-0.15, -0.1) is 6.58 Å². The molecule has 0 saturated heterocycles. The van der Waals surface area contributed by atoms with Crippen LogP contribution in [0.4, 0.5) is 0 Å². The fraction of sp³-hybridized carbons (Fsp3) is 0.471. The molecule has 1 aliphatic carbocycles. The Morgan fingerprint density at radius 3 is 2.95 bits per heavy atom. The number of rotatable bonds is 8. The molecule has 1 amide bonds. The van der Waals surface area contributed by atoms with Crippen molar-refractivity contribution in [3.8, 4) is 5.75 Å². The molecule has 1 unspecified atom stereocenters. The highest BCUT2D eigenvalue weighted by Crippen LogP contribution is 2.26.